The number of nitrogens with zero attached hydrogens (tertiary/aromatic N) is 2. The Labute approximate surface area is 185 Å². The van der Waals surface area contributed by atoms with Gasteiger partial charge in [0.2, 0.25) is 0 Å². The van der Waals surface area contributed by atoms with Gasteiger partial charge in [0.15, 0.2) is 6.61 Å². The van der Waals surface area contributed by atoms with Crippen molar-refractivity contribution in [1.82, 2.24) is 9.80 Å². The van der Waals surface area contributed by atoms with Crippen molar-refractivity contribution in [2.75, 3.05) is 26.8 Å². The standard InChI is InChI=1S/C23H24ClFN2O4/c1-30-23(29)20-9-4-16(24)10-21(20)31-14-22(28)27-18-7-8-19(27)13-26(12-18)11-15-2-5-17(25)6-3-15/h2-6,9-10,18-19H,7-8,11-14H2,1H3. The molecule has 2 heterocycles. The van der Waals surface area contributed by atoms with Crippen molar-refractivity contribution in [2.24, 2.45) is 0 Å². The lowest BCUT2D eigenvalue weighted by molar-refractivity contribution is -0.139. The van der Waals surface area contributed by atoms with Crippen molar-refractivity contribution in [3.05, 3.63) is 64.4 Å². The van der Waals surface area contributed by atoms with Crippen molar-refractivity contribution < 1.29 is 23.5 Å². The van der Waals surface area contributed by atoms with Crippen LogP contribution >= 0.6 is 11.6 Å². The van der Waals surface area contributed by atoms with Gasteiger partial charge < -0.3 is 14.4 Å². The summed E-state index contributed by atoms with van der Waals surface area (Å²) in [4.78, 5) is 29.1. The molecule has 0 saturated carbocycles. The predicted octanol–water partition coefficient (Wildman–Crippen LogP) is 3.52. The molecular formula is C23H24ClFN2O4. The number of benzene rings is 2. The molecule has 2 fully saturated rings. The molecule has 8 heteroatoms. The monoisotopic (exact) mass is 446 g/mol. The molecule has 0 radical (unpaired) electrons. The fourth-order valence-corrected chi connectivity index (χ4v) is 4.64. The van der Waals surface area contributed by atoms with Crippen LogP contribution in [0.15, 0.2) is 42.5 Å². The topological polar surface area (TPSA) is 59.1 Å². The highest BCUT2D eigenvalue weighted by Crippen LogP contribution is 2.31. The molecule has 0 N–H and O–H groups in total. The van der Waals surface area contributed by atoms with Crippen molar-refractivity contribution in [3.63, 3.8) is 0 Å². The minimum Gasteiger partial charge on any atom is -0.483 e. The fraction of sp³-hybridized carbons (Fsp3) is 0.391. The number of rotatable bonds is 6. The summed E-state index contributed by atoms with van der Waals surface area (Å²) >= 11 is 6.02. The van der Waals surface area contributed by atoms with Gasteiger partial charge in [0, 0.05) is 36.7 Å². The van der Waals surface area contributed by atoms with Crippen molar-refractivity contribution in [3.8, 4) is 5.75 Å². The minimum atomic E-state index is -0.548. The van der Waals surface area contributed by atoms with E-state index in [1.165, 1.54) is 31.4 Å². The maximum Gasteiger partial charge on any atom is 0.341 e. The first kappa shape index (κ1) is 21.6. The number of likely N-dealkylation sites (tertiary alicyclic amines) is 1. The number of amides is 1. The first-order chi connectivity index (χ1) is 14.9. The predicted molar refractivity (Wildman–Crippen MR) is 114 cm³/mol. The molecule has 0 spiro atoms. The molecule has 2 bridgehead atoms. The molecule has 1 amide bonds. The first-order valence-electron chi connectivity index (χ1n) is 10.2. The van der Waals surface area contributed by atoms with Gasteiger partial charge in [0.05, 0.1) is 7.11 Å². The van der Waals surface area contributed by atoms with Gasteiger partial charge in [0.1, 0.15) is 17.1 Å². The number of hydrogen-bond donors (Lipinski definition) is 0. The Morgan fingerprint density at radius 2 is 1.77 bits per heavy atom. The Morgan fingerprint density at radius 1 is 1.10 bits per heavy atom. The second-order valence-corrected chi connectivity index (χ2v) is 8.36. The lowest BCUT2D eigenvalue weighted by Gasteiger charge is -2.41. The Kier molecular flexibility index (Phi) is 6.43. The van der Waals surface area contributed by atoms with Crippen LogP contribution in [-0.4, -0.2) is 60.6 Å². The third-order valence-electron chi connectivity index (χ3n) is 5.87. The summed E-state index contributed by atoms with van der Waals surface area (Å²) in [6.07, 6.45) is 1.89. The van der Waals surface area contributed by atoms with E-state index in [1.807, 2.05) is 4.90 Å². The highest BCUT2D eigenvalue weighted by Gasteiger charge is 2.42. The van der Waals surface area contributed by atoms with Crippen LogP contribution in [0, 0.1) is 5.82 Å². The third-order valence-corrected chi connectivity index (χ3v) is 6.10. The second-order valence-electron chi connectivity index (χ2n) is 7.93. The highest BCUT2D eigenvalue weighted by molar-refractivity contribution is 6.30. The number of methoxy groups -OCH3 is 1. The van der Waals surface area contributed by atoms with Crippen LogP contribution < -0.4 is 4.74 Å². The van der Waals surface area contributed by atoms with Crippen LogP contribution in [0.2, 0.25) is 5.02 Å². The smallest absolute Gasteiger partial charge is 0.341 e. The van der Waals surface area contributed by atoms with Gasteiger partial charge in [-0.3, -0.25) is 9.69 Å². The van der Waals surface area contributed by atoms with Crippen LogP contribution in [0.5, 0.6) is 5.75 Å². The van der Waals surface area contributed by atoms with E-state index in [1.54, 1.807) is 18.2 Å². The van der Waals surface area contributed by atoms with E-state index in [-0.39, 0.29) is 41.7 Å². The van der Waals surface area contributed by atoms with Crippen LogP contribution in [0.4, 0.5) is 4.39 Å². The lowest BCUT2D eigenvalue weighted by Crippen LogP contribution is -2.56. The third kappa shape index (κ3) is 4.83. The zero-order valence-electron chi connectivity index (χ0n) is 17.2. The zero-order chi connectivity index (χ0) is 22.0. The van der Waals surface area contributed by atoms with E-state index in [2.05, 4.69) is 4.90 Å². The zero-order valence-corrected chi connectivity index (χ0v) is 18.0. The van der Waals surface area contributed by atoms with E-state index in [0.717, 1.165) is 38.0 Å². The van der Waals surface area contributed by atoms with E-state index < -0.39 is 5.97 Å². The van der Waals surface area contributed by atoms with Crippen LogP contribution in [0.1, 0.15) is 28.8 Å². The number of esters is 1. The molecule has 2 aliphatic heterocycles. The van der Waals surface area contributed by atoms with E-state index in [9.17, 15) is 14.0 Å². The fourth-order valence-electron chi connectivity index (χ4n) is 4.48. The Morgan fingerprint density at radius 3 is 2.42 bits per heavy atom. The molecule has 0 aromatic heterocycles. The quantitative estimate of drug-likeness (QED) is 0.635. The molecule has 164 valence electrons. The molecule has 2 unspecified atom stereocenters. The van der Waals surface area contributed by atoms with Gasteiger partial charge in [0.25, 0.3) is 5.91 Å². The van der Waals surface area contributed by atoms with Gasteiger partial charge in [-0.25, -0.2) is 9.18 Å². The van der Waals surface area contributed by atoms with Crippen molar-refractivity contribution >= 4 is 23.5 Å². The van der Waals surface area contributed by atoms with Crippen LogP contribution in [0.3, 0.4) is 0 Å². The average molecular weight is 447 g/mol. The summed E-state index contributed by atoms with van der Waals surface area (Å²) in [5.41, 5.74) is 1.28. The lowest BCUT2D eigenvalue weighted by atomic mass is 10.1. The number of carbonyl (C=O) groups excluding carboxylic acids is 2. The summed E-state index contributed by atoms with van der Waals surface area (Å²) in [5.74, 6) is -0.664. The molecule has 0 aliphatic carbocycles. The molecule has 2 aliphatic rings. The Bertz CT molecular complexity index is 955. The SMILES string of the molecule is COC(=O)c1ccc(Cl)cc1OCC(=O)N1C2CCC1CN(Cc1ccc(F)cc1)C2. The molecule has 2 saturated heterocycles. The van der Waals surface area contributed by atoms with Gasteiger partial charge in [-0.15, -0.1) is 0 Å². The number of carbonyl (C=O) groups is 2. The molecular weight excluding hydrogens is 423 g/mol. The Hall–Kier alpha value is -2.64. The van der Waals surface area contributed by atoms with Crippen molar-refractivity contribution in [1.29, 1.82) is 0 Å². The minimum absolute atomic E-state index is 0.107. The van der Waals surface area contributed by atoms with Gasteiger partial charge in [-0.1, -0.05) is 23.7 Å². The molecule has 6 nitrogen and oxygen atoms in total. The Balaban J connectivity index is 1.38. The van der Waals surface area contributed by atoms with E-state index in [0.29, 0.717) is 5.02 Å². The molecule has 2 atom stereocenters. The number of piperazine rings is 1. The number of fused-ring (bicyclic) bond motifs is 2. The van der Waals surface area contributed by atoms with Gasteiger partial charge >= 0.3 is 5.97 Å². The van der Waals surface area contributed by atoms with E-state index >= 15 is 0 Å². The number of ether oxygens (including phenoxy) is 2. The van der Waals surface area contributed by atoms with Gasteiger partial charge in [-0.2, -0.15) is 0 Å². The molecule has 2 aromatic carbocycles. The summed E-state index contributed by atoms with van der Waals surface area (Å²) in [7, 11) is 1.29. The average Bonchev–Trinajstić information content (AvgIpc) is 3.03. The van der Waals surface area contributed by atoms with Crippen LogP contribution in [-0.2, 0) is 16.1 Å². The second kappa shape index (κ2) is 9.24. The molecule has 31 heavy (non-hydrogen) atoms. The largest absolute Gasteiger partial charge is 0.483 e. The maximum absolute atomic E-state index is 13.1. The summed E-state index contributed by atoms with van der Waals surface area (Å²) in [6, 6.07) is 11.4. The van der Waals surface area contributed by atoms with Gasteiger partial charge in [-0.05, 0) is 48.7 Å². The van der Waals surface area contributed by atoms with Crippen LogP contribution in [0.25, 0.3) is 0 Å². The summed E-state index contributed by atoms with van der Waals surface area (Å²) < 4.78 is 23.6. The number of halogens is 2. The summed E-state index contributed by atoms with van der Waals surface area (Å²) in [6.45, 7) is 2.10. The number of hydrogen-bond acceptors (Lipinski definition) is 5. The first-order valence-corrected chi connectivity index (χ1v) is 10.6. The van der Waals surface area contributed by atoms with Crippen molar-refractivity contribution in [2.45, 2.75) is 31.5 Å². The summed E-state index contributed by atoms with van der Waals surface area (Å²) in [5, 5.41) is 0.407. The maximum atomic E-state index is 13.1. The molecule has 4 rings (SSSR count). The molecule has 2 aromatic rings. The van der Waals surface area contributed by atoms with E-state index in [4.69, 9.17) is 21.1 Å². The highest BCUT2D eigenvalue weighted by atomic mass is 35.5. The normalized spacial score (nSPS) is 20.5.